The molecule has 120 valence electrons. The van der Waals surface area contributed by atoms with Crippen LogP contribution in [0, 0.1) is 5.92 Å². The third-order valence-electron chi connectivity index (χ3n) is 2.89. The minimum Gasteiger partial charge on any atom is -0.480 e. The van der Waals surface area contributed by atoms with E-state index in [2.05, 4.69) is 15.4 Å². The Labute approximate surface area is 128 Å². The maximum atomic E-state index is 11.9. The number of ether oxygens (including phenoxy) is 1. The molecule has 1 atom stereocenters. The molecule has 0 heterocycles. The van der Waals surface area contributed by atoms with Crippen LogP contribution in [0.2, 0.25) is 0 Å². The number of para-hydroxylation sites is 1. The van der Waals surface area contributed by atoms with Crippen LogP contribution in [-0.4, -0.2) is 36.2 Å². The smallest absolute Gasteiger partial charge is 0.339 e. The molecular weight excluding hydrogens is 288 g/mol. The normalized spacial score (nSPS) is 11.6. The van der Waals surface area contributed by atoms with Gasteiger partial charge in [-0.2, -0.15) is 0 Å². The van der Waals surface area contributed by atoms with Crippen molar-refractivity contribution in [3.63, 3.8) is 0 Å². The van der Waals surface area contributed by atoms with Gasteiger partial charge in [-0.25, -0.2) is 14.4 Å². The van der Waals surface area contributed by atoms with Crippen LogP contribution in [0.4, 0.5) is 10.5 Å². The number of hydrogen-bond acceptors (Lipinski definition) is 4. The second-order valence-corrected chi connectivity index (χ2v) is 5.16. The summed E-state index contributed by atoms with van der Waals surface area (Å²) in [4.78, 5) is 34.7. The Morgan fingerprint density at radius 1 is 1.23 bits per heavy atom. The molecule has 0 spiro atoms. The Morgan fingerprint density at radius 2 is 1.86 bits per heavy atom. The monoisotopic (exact) mass is 308 g/mol. The summed E-state index contributed by atoms with van der Waals surface area (Å²) in [7, 11) is 1.24. The van der Waals surface area contributed by atoms with Crippen molar-refractivity contribution < 1.29 is 24.2 Å². The van der Waals surface area contributed by atoms with Gasteiger partial charge in [0, 0.05) is 0 Å². The molecule has 0 bridgehead atoms. The van der Waals surface area contributed by atoms with Crippen LogP contribution in [-0.2, 0) is 9.53 Å². The van der Waals surface area contributed by atoms with Crippen LogP contribution in [0.15, 0.2) is 24.3 Å². The van der Waals surface area contributed by atoms with E-state index in [0.717, 1.165) is 0 Å². The number of carboxylic acid groups (broad SMARTS) is 1. The zero-order valence-corrected chi connectivity index (χ0v) is 12.8. The zero-order valence-electron chi connectivity index (χ0n) is 12.8. The summed E-state index contributed by atoms with van der Waals surface area (Å²) in [5.41, 5.74) is 0.441. The van der Waals surface area contributed by atoms with Crippen LogP contribution >= 0.6 is 0 Å². The first-order valence-electron chi connectivity index (χ1n) is 6.82. The molecule has 0 saturated carbocycles. The van der Waals surface area contributed by atoms with Crippen LogP contribution in [0.1, 0.15) is 30.6 Å². The molecule has 1 aromatic rings. The number of rotatable bonds is 6. The molecule has 7 heteroatoms. The van der Waals surface area contributed by atoms with Crippen molar-refractivity contribution in [3.8, 4) is 0 Å². The van der Waals surface area contributed by atoms with Crippen molar-refractivity contribution in [3.05, 3.63) is 29.8 Å². The van der Waals surface area contributed by atoms with Gasteiger partial charge in [-0.15, -0.1) is 0 Å². The van der Waals surface area contributed by atoms with Crippen molar-refractivity contribution >= 4 is 23.7 Å². The van der Waals surface area contributed by atoms with Gasteiger partial charge in [0.15, 0.2) is 0 Å². The largest absolute Gasteiger partial charge is 0.480 e. The highest BCUT2D eigenvalue weighted by Crippen LogP contribution is 2.16. The SMILES string of the molecule is COC(=O)c1ccccc1NC(=O)N[C@@H](CC(C)C)C(=O)O. The Balaban J connectivity index is 2.80. The van der Waals surface area contributed by atoms with Gasteiger partial charge >= 0.3 is 18.0 Å². The first kappa shape index (κ1) is 17.5. The van der Waals surface area contributed by atoms with E-state index in [4.69, 9.17) is 5.11 Å². The van der Waals surface area contributed by atoms with E-state index in [-0.39, 0.29) is 17.2 Å². The molecule has 0 unspecified atom stereocenters. The van der Waals surface area contributed by atoms with E-state index < -0.39 is 24.0 Å². The predicted octanol–water partition coefficient (Wildman–Crippen LogP) is 2.09. The Bertz CT molecular complexity index is 557. The number of esters is 1. The summed E-state index contributed by atoms with van der Waals surface area (Å²) >= 11 is 0. The maximum absolute atomic E-state index is 11.9. The molecule has 0 aliphatic heterocycles. The van der Waals surface area contributed by atoms with Gasteiger partial charge in [0.05, 0.1) is 18.4 Å². The second kappa shape index (κ2) is 8.02. The van der Waals surface area contributed by atoms with Crippen molar-refractivity contribution in [2.45, 2.75) is 26.3 Å². The quantitative estimate of drug-likeness (QED) is 0.698. The molecule has 0 aromatic heterocycles. The van der Waals surface area contributed by atoms with E-state index in [1.54, 1.807) is 12.1 Å². The summed E-state index contributed by atoms with van der Waals surface area (Å²) in [5, 5.41) is 14.0. The molecule has 0 fully saturated rings. The highest BCUT2D eigenvalue weighted by atomic mass is 16.5. The average molecular weight is 308 g/mol. The topological polar surface area (TPSA) is 105 Å². The molecule has 7 nitrogen and oxygen atoms in total. The molecule has 0 saturated heterocycles. The fourth-order valence-electron chi connectivity index (χ4n) is 1.89. The first-order chi connectivity index (χ1) is 10.3. The zero-order chi connectivity index (χ0) is 16.7. The number of anilines is 1. The molecular formula is C15H20N2O5. The summed E-state index contributed by atoms with van der Waals surface area (Å²) in [5.74, 6) is -1.58. The van der Waals surface area contributed by atoms with Gasteiger partial charge in [-0.1, -0.05) is 26.0 Å². The number of urea groups is 1. The van der Waals surface area contributed by atoms with E-state index in [0.29, 0.717) is 6.42 Å². The van der Waals surface area contributed by atoms with Gasteiger partial charge in [0.2, 0.25) is 0 Å². The summed E-state index contributed by atoms with van der Waals surface area (Å²) < 4.78 is 4.63. The van der Waals surface area contributed by atoms with Crippen molar-refractivity contribution in [2.24, 2.45) is 5.92 Å². The minimum absolute atomic E-state index is 0.115. The number of hydrogen-bond donors (Lipinski definition) is 3. The Kier molecular flexibility index (Phi) is 6.37. The van der Waals surface area contributed by atoms with E-state index in [1.165, 1.54) is 19.2 Å². The third-order valence-corrected chi connectivity index (χ3v) is 2.89. The van der Waals surface area contributed by atoms with Crippen LogP contribution < -0.4 is 10.6 Å². The number of carbonyl (C=O) groups is 3. The standard InChI is InChI=1S/C15H20N2O5/c1-9(2)8-12(13(18)19)17-15(21)16-11-7-5-4-6-10(11)14(20)22-3/h4-7,9,12H,8H2,1-3H3,(H,18,19)(H2,16,17,21)/t12-/m0/s1. The molecule has 3 N–H and O–H groups in total. The van der Waals surface area contributed by atoms with Crippen molar-refractivity contribution in [1.82, 2.24) is 5.32 Å². The minimum atomic E-state index is -1.11. The molecule has 1 aromatic carbocycles. The fourth-order valence-corrected chi connectivity index (χ4v) is 1.89. The summed E-state index contributed by atoms with van der Waals surface area (Å²) in [6, 6.07) is 4.63. The second-order valence-electron chi connectivity index (χ2n) is 5.16. The van der Waals surface area contributed by atoms with Crippen LogP contribution in [0.3, 0.4) is 0 Å². The average Bonchev–Trinajstić information content (AvgIpc) is 2.45. The van der Waals surface area contributed by atoms with Gasteiger partial charge in [0.1, 0.15) is 6.04 Å². The number of carboxylic acids is 1. The maximum Gasteiger partial charge on any atom is 0.339 e. The lowest BCUT2D eigenvalue weighted by Gasteiger charge is -2.17. The Morgan fingerprint density at radius 3 is 2.41 bits per heavy atom. The first-order valence-corrected chi connectivity index (χ1v) is 6.82. The van der Waals surface area contributed by atoms with Gasteiger partial charge in [-0.3, -0.25) is 0 Å². The highest BCUT2D eigenvalue weighted by molar-refractivity contribution is 6.01. The highest BCUT2D eigenvalue weighted by Gasteiger charge is 2.22. The van der Waals surface area contributed by atoms with Crippen molar-refractivity contribution in [1.29, 1.82) is 0 Å². The van der Waals surface area contributed by atoms with E-state index in [9.17, 15) is 14.4 Å². The molecule has 2 amide bonds. The number of amides is 2. The van der Waals surface area contributed by atoms with E-state index in [1.807, 2.05) is 13.8 Å². The number of nitrogens with one attached hydrogen (secondary N) is 2. The molecule has 0 aliphatic rings. The lowest BCUT2D eigenvalue weighted by Crippen LogP contribution is -2.43. The van der Waals surface area contributed by atoms with Gasteiger partial charge < -0.3 is 20.5 Å². The summed E-state index contributed by atoms with van der Waals surface area (Å²) in [6.45, 7) is 3.73. The van der Waals surface area contributed by atoms with E-state index >= 15 is 0 Å². The number of benzene rings is 1. The lowest BCUT2D eigenvalue weighted by molar-refractivity contribution is -0.139. The van der Waals surface area contributed by atoms with Crippen LogP contribution in [0.5, 0.6) is 0 Å². The van der Waals surface area contributed by atoms with Crippen LogP contribution in [0.25, 0.3) is 0 Å². The lowest BCUT2D eigenvalue weighted by atomic mass is 10.0. The van der Waals surface area contributed by atoms with Crippen molar-refractivity contribution in [2.75, 3.05) is 12.4 Å². The Hall–Kier alpha value is -2.57. The molecule has 1 rings (SSSR count). The number of methoxy groups -OCH3 is 1. The summed E-state index contributed by atoms with van der Waals surface area (Å²) in [6.07, 6.45) is 0.307. The molecule has 0 aliphatic carbocycles. The third kappa shape index (κ3) is 5.08. The molecule has 22 heavy (non-hydrogen) atoms. The van der Waals surface area contributed by atoms with Gasteiger partial charge in [-0.05, 0) is 24.5 Å². The van der Waals surface area contributed by atoms with Gasteiger partial charge in [0.25, 0.3) is 0 Å². The molecule has 0 radical (unpaired) electrons. The number of aliphatic carboxylic acids is 1. The predicted molar refractivity (Wildman–Crippen MR) is 80.8 cm³/mol. The number of carbonyl (C=O) groups excluding carboxylic acids is 2. The fraction of sp³-hybridized carbons (Fsp3) is 0.400.